The van der Waals surface area contributed by atoms with Crippen molar-refractivity contribution >= 4 is 21.5 Å². The number of furan rings is 1. The molecule has 0 amide bonds. The van der Waals surface area contributed by atoms with Crippen LogP contribution in [-0.4, -0.2) is 73.9 Å². The minimum absolute atomic E-state index is 0.0632. The summed E-state index contributed by atoms with van der Waals surface area (Å²) in [4.78, 5) is 16.2. The van der Waals surface area contributed by atoms with Crippen LogP contribution in [0.3, 0.4) is 0 Å². The van der Waals surface area contributed by atoms with E-state index in [0.717, 1.165) is 49.0 Å². The SMILES string of the molecule is COC(=O)c1ccc(CN2CCN(c3c(C)nn(C4CCS(=O)(=O)C4)c3C)CC2)o1. The van der Waals surface area contributed by atoms with Crippen molar-refractivity contribution in [2.45, 2.75) is 32.9 Å². The molecule has 9 nitrogen and oxygen atoms in total. The first-order chi connectivity index (χ1) is 14.3. The first kappa shape index (κ1) is 20.9. The van der Waals surface area contributed by atoms with E-state index in [2.05, 4.69) is 19.6 Å². The number of nitrogens with zero attached hydrogens (tertiary/aromatic N) is 4. The van der Waals surface area contributed by atoms with Crippen molar-refractivity contribution in [1.82, 2.24) is 14.7 Å². The van der Waals surface area contributed by atoms with Crippen LogP contribution >= 0.6 is 0 Å². The molecule has 1 atom stereocenters. The normalized spacial score (nSPS) is 21.8. The summed E-state index contributed by atoms with van der Waals surface area (Å²) in [6.45, 7) is 8.08. The van der Waals surface area contributed by atoms with Gasteiger partial charge in [0.1, 0.15) is 5.76 Å². The first-order valence-corrected chi connectivity index (χ1v) is 12.0. The number of sulfone groups is 1. The van der Waals surface area contributed by atoms with Crippen LogP contribution in [0, 0.1) is 13.8 Å². The number of carbonyl (C=O) groups is 1. The fourth-order valence-electron chi connectivity index (χ4n) is 4.46. The van der Waals surface area contributed by atoms with E-state index in [0.29, 0.717) is 13.0 Å². The third-order valence-corrected chi connectivity index (χ3v) is 7.71. The van der Waals surface area contributed by atoms with Crippen LogP contribution in [0.2, 0.25) is 0 Å². The summed E-state index contributed by atoms with van der Waals surface area (Å²) in [6.07, 6.45) is 0.633. The Hall–Kier alpha value is -2.33. The van der Waals surface area contributed by atoms with Gasteiger partial charge < -0.3 is 14.1 Å². The van der Waals surface area contributed by atoms with Crippen molar-refractivity contribution < 1.29 is 22.4 Å². The Balaban J connectivity index is 1.40. The van der Waals surface area contributed by atoms with Gasteiger partial charge in [-0.2, -0.15) is 5.10 Å². The number of hydrogen-bond donors (Lipinski definition) is 0. The summed E-state index contributed by atoms with van der Waals surface area (Å²) < 4.78 is 35.9. The van der Waals surface area contributed by atoms with Gasteiger partial charge in [0.25, 0.3) is 0 Å². The van der Waals surface area contributed by atoms with E-state index in [1.807, 2.05) is 24.6 Å². The molecule has 0 spiro atoms. The number of piperazine rings is 1. The number of hydrogen-bond acceptors (Lipinski definition) is 8. The van der Waals surface area contributed by atoms with Gasteiger partial charge in [-0.3, -0.25) is 9.58 Å². The van der Waals surface area contributed by atoms with Crippen molar-refractivity contribution in [1.29, 1.82) is 0 Å². The average Bonchev–Trinajstić information content (AvgIpc) is 3.40. The lowest BCUT2D eigenvalue weighted by atomic mass is 10.2. The van der Waals surface area contributed by atoms with E-state index in [4.69, 9.17) is 4.42 Å². The molecular formula is C20H28N4O5S. The Kier molecular flexibility index (Phi) is 5.63. The maximum atomic E-state index is 11.9. The number of carbonyl (C=O) groups excluding carboxylic acids is 1. The van der Waals surface area contributed by atoms with E-state index in [1.165, 1.54) is 7.11 Å². The molecule has 30 heavy (non-hydrogen) atoms. The zero-order chi connectivity index (χ0) is 21.5. The molecule has 0 aliphatic carbocycles. The molecule has 2 saturated heterocycles. The van der Waals surface area contributed by atoms with Crippen molar-refractivity contribution in [3.8, 4) is 0 Å². The highest BCUT2D eigenvalue weighted by molar-refractivity contribution is 7.91. The van der Waals surface area contributed by atoms with Crippen LogP contribution in [0.1, 0.15) is 40.2 Å². The van der Waals surface area contributed by atoms with Crippen LogP contribution < -0.4 is 4.90 Å². The number of anilines is 1. The highest BCUT2D eigenvalue weighted by Gasteiger charge is 2.32. The van der Waals surface area contributed by atoms with E-state index >= 15 is 0 Å². The van der Waals surface area contributed by atoms with Gasteiger partial charge in [0.2, 0.25) is 5.76 Å². The smallest absolute Gasteiger partial charge is 0.373 e. The topological polar surface area (TPSA) is 97.9 Å². The number of rotatable bonds is 5. The molecule has 0 bridgehead atoms. The molecule has 2 aliphatic heterocycles. The molecule has 1 unspecified atom stereocenters. The molecule has 2 aliphatic rings. The minimum Gasteiger partial charge on any atom is -0.463 e. The van der Waals surface area contributed by atoms with E-state index in [9.17, 15) is 13.2 Å². The molecule has 4 heterocycles. The predicted molar refractivity (Wildman–Crippen MR) is 112 cm³/mol. The van der Waals surface area contributed by atoms with E-state index < -0.39 is 15.8 Å². The molecule has 0 N–H and O–H groups in total. The minimum atomic E-state index is -2.95. The summed E-state index contributed by atoms with van der Waals surface area (Å²) in [7, 11) is -1.62. The quantitative estimate of drug-likeness (QED) is 0.652. The molecule has 2 fully saturated rings. The number of aryl methyl sites for hydroxylation is 1. The molecule has 0 aromatic carbocycles. The molecular weight excluding hydrogens is 408 g/mol. The molecule has 2 aromatic rings. The van der Waals surface area contributed by atoms with Gasteiger partial charge in [-0.1, -0.05) is 0 Å². The van der Waals surface area contributed by atoms with Crippen molar-refractivity contribution in [3.63, 3.8) is 0 Å². The number of ether oxygens (including phenoxy) is 1. The summed E-state index contributed by atoms with van der Waals surface area (Å²) >= 11 is 0. The van der Waals surface area contributed by atoms with Gasteiger partial charge in [0.05, 0.1) is 48.3 Å². The Bertz CT molecular complexity index is 1030. The zero-order valence-corrected chi connectivity index (χ0v) is 18.4. The van der Waals surface area contributed by atoms with Crippen molar-refractivity contribution in [2.75, 3.05) is 49.7 Å². The average molecular weight is 437 g/mol. The number of esters is 1. The third-order valence-electron chi connectivity index (χ3n) is 5.96. The summed E-state index contributed by atoms with van der Waals surface area (Å²) in [5.41, 5.74) is 3.10. The number of methoxy groups -OCH3 is 1. The Morgan fingerprint density at radius 1 is 1.23 bits per heavy atom. The van der Waals surface area contributed by atoms with Crippen LogP contribution in [-0.2, 0) is 21.1 Å². The fourth-order valence-corrected chi connectivity index (χ4v) is 6.15. The molecule has 164 valence electrons. The van der Waals surface area contributed by atoms with E-state index in [1.54, 1.807) is 6.07 Å². The Morgan fingerprint density at radius 3 is 2.60 bits per heavy atom. The van der Waals surface area contributed by atoms with Crippen LogP contribution in [0.5, 0.6) is 0 Å². The zero-order valence-electron chi connectivity index (χ0n) is 17.6. The molecule has 0 saturated carbocycles. The van der Waals surface area contributed by atoms with Gasteiger partial charge in [0.15, 0.2) is 9.84 Å². The van der Waals surface area contributed by atoms with Gasteiger partial charge >= 0.3 is 5.97 Å². The standard InChI is InChI=1S/C20H28N4O5S/c1-14-19(15(2)24(21-14)16-6-11-30(26,27)13-16)23-9-7-22(8-10-23)12-17-4-5-18(29-17)20(25)28-3/h4-5,16H,6-13H2,1-3H3. The largest absolute Gasteiger partial charge is 0.463 e. The van der Waals surface area contributed by atoms with Gasteiger partial charge in [-0.15, -0.1) is 0 Å². The second kappa shape index (κ2) is 8.07. The van der Waals surface area contributed by atoms with Gasteiger partial charge in [-0.25, -0.2) is 13.2 Å². The summed E-state index contributed by atoms with van der Waals surface area (Å²) in [5, 5.41) is 4.69. The monoisotopic (exact) mass is 436 g/mol. The highest BCUT2D eigenvalue weighted by Crippen LogP contribution is 2.31. The maximum Gasteiger partial charge on any atom is 0.373 e. The van der Waals surface area contributed by atoms with Crippen molar-refractivity contribution in [2.24, 2.45) is 0 Å². The Labute approximate surface area is 176 Å². The lowest BCUT2D eigenvalue weighted by Crippen LogP contribution is -2.46. The van der Waals surface area contributed by atoms with Gasteiger partial charge in [0, 0.05) is 26.2 Å². The molecule has 10 heteroatoms. The lowest BCUT2D eigenvalue weighted by Gasteiger charge is -2.35. The van der Waals surface area contributed by atoms with Crippen LogP contribution in [0.4, 0.5) is 5.69 Å². The summed E-state index contributed by atoms with van der Waals surface area (Å²) in [6, 6.07) is 3.39. The molecule has 0 radical (unpaired) electrons. The third kappa shape index (κ3) is 4.11. The second-order valence-corrected chi connectivity index (χ2v) is 10.3. The second-order valence-electron chi connectivity index (χ2n) is 8.04. The Morgan fingerprint density at radius 2 is 1.97 bits per heavy atom. The maximum absolute atomic E-state index is 11.9. The van der Waals surface area contributed by atoms with Crippen LogP contribution in [0.25, 0.3) is 0 Å². The van der Waals surface area contributed by atoms with Crippen molar-refractivity contribution in [3.05, 3.63) is 35.0 Å². The number of aromatic nitrogens is 2. The first-order valence-electron chi connectivity index (χ1n) is 10.2. The summed E-state index contributed by atoms with van der Waals surface area (Å²) in [5.74, 6) is 0.919. The molecule has 4 rings (SSSR count). The fraction of sp³-hybridized carbons (Fsp3) is 0.600. The van der Waals surface area contributed by atoms with Crippen LogP contribution in [0.15, 0.2) is 16.5 Å². The van der Waals surface area contributed by atoms with E-state index in [-0.39, 0.29) is 23.3 Å². The lowest BCUT2D eigenvalue weighted by molar-refractivity contribution is 0.0561. The highest BCUT2D eigenvalue weighted by atomic mass is 32.2. The predicted octanol–water partition coefficient (Wildman–Crippen LogP) is 1.56. The van der Waals surface area contributed by atoms with Gasteiger partial charge in [-0.05, 0) is 32.4 Å². The molecule has 2 aromatic heterocycles.